The number of aliphatic hydroxyl groups is 1. The lowest BCUT2D eigenvalue weighted by atomic mass is 10.1. The minimum atomic E-state index is -0.563. The second kappa shape index (κ2) is 8.18. The molecule has 0 saturated carbocycles. The van der Waals surface area contributed by atoms with Crippen molar-refractivity contribution in [3.63, 3.8) is 0 Å². The van der Waals surface area contributed by atoms with E-state index in [-0.39, 0.29) is 6.04 Å². The Bertz CT molecular complexity index is 603. The van der Waals surface area contributed by atoms with Crippen LogP contribution in [0.3, 0.4) is 0 Å². The molecule has 2 atom stereocenters. The van der Waals surface area contributed by atoms with Gasteiger partial charge in [0.1, 0.15) is 5.75 Å². The molecule has 0 spiro atoms. The zero-order valence-electron chi connectivity index (χ0n) is 12.9. The van der Waals surface area contributed by atoms with Crippen LogP contribution >= 0.6 is 11.6 Å². The molecule has 3 nitrogen and oxygen atoms in total. The lowest BCUT2D eigenvalue weighted by Crippen LogP contribution is -2.32. The molecular formula is C18H22ClNO2. The van der Waals surface area contributed by atoms with Crippen molar-refractivity contribution in [2.75, 3.05) is 13.7 Å². The van der Waals surface area contributed by atoms with E-state index < -0.39 is 6.10 Å². The molecule has 0 heterocycles. The second-order valence-electron chi connectivity index (χ2n) is 5.44. The van der Waals surface area contributed by atoms with E-state index in [4.69, 9.17) is 16.3 Å². The summed E-state index contributed by atoms with van der Waals surface area (Å²) in [5, 5.41) is 14.2. The summed E-state index contributed by atoms with van der Waals surface area (Å²) in [6, 6.07) is 15.6. The molecule has 2 aromatic rings. The van der Waals surface area contributed by atoms with Crippen LogP contribution in [0, 0.1) is 0 Å². The smallest absolute Gasteiger partial charge is 0.119 e. The number of methoxy groups -OCH3 is 1. The van der Waals surface area contributed by atoms with Crippen molar-refractivity contribution in [3.8, 4) is 5.75 Å². The molecule has 0 aliphatic heterocycles. The van der Waals surface area contributed by atoms with Crippen molar-refractivity contribution in [2.24, 2.45) is 0 Å². The fourth-order valence-corrected chi connectivity index (χ4v) is 2.57. The highest BCUT2D eigenvalue weighted by atomic mass is 35.5. The maximum atomic E-state index is 10.2. The van der Waals surface area contributed by atoms with Gasteiger partial charge >= 0.3 is 0 Å². The Hall–Kier alpha value is -1.55. The zero-order valence-corrected chi connectivity index (χ0v) is 13.7. The van der Waals surface area contributed by atoms with Crippen LogP contribution in [0.1, 0.15) is 24.2 Å². The number of aliphatic hydroxyl groups excluding tert-OH is 1. The van der Waals surface area contributed by atoms with Crippen LogP contribution in [0.2, 0.25) is 5.02 Å². The first-order valence-electron chi connectivity index (χ1n) is 7.38. The molecule has 0 aliphatic carbocycles. The summed E-state index contributed by atoms with van der Waals surface area (Å²) in [6.07, 6.45) is 0.311. The zero-order chi connectivity index (χ0) is 15.9. The molecule has 1 unspecified atom stereocenters. The van der Waals surface area contributed by atoms with Crippen molar-refractivity contribution in [1.29, 1.82) is 0 Å². The molecule has 0 aliphatic rings. The van der Waals surface area contributed by atoms with E-state index in [0.29, 0.717) is 11.6 Å². The number of nitrogens with one attached hydrogen (secondary N) is 1. The van der Waals surface area contributed by atoms with E-state index in [1.807, 2.05) is 30.3 Å². The van der Waals surface area contributed by atoms with Crippen LogP contribution in [-0.2, 0) is 6.42 Å². The highest BCUT2D eigenvalue weighted by Crippen LogP contribution is 2.18. The van der Waals surface area contributed by atoms with Crippen LogP contribution in [-0.4, -0.2) is 24.8 Å². The Morgan fingerprint density at radius 2 is 1.95 bits per heavy atom. The fraction of sp³-hybridized carbons (Fsp3) is 0.333. The molecule has 0 saturated heterocycles. The molecule has 2 aromatic carbocycles. The number of benzene rings is 2. The molecule has 0 radical (unpaired) electrons. The Morgan fingerprint density at radius 1 is 1.18 bits per heavy atom. The normalized spacial score (nSPS) is 13.6. The van der Waals surface area contributed by atoms with Gasteiger partial charge in [0.25, 0.3) is 0 Å². The van der Waals surface area contributed by atoms with Crippen molar-refractivity contribution >= 4 is 11.6 Å². The minimum Gasteiger partial charge on any atom is -0.497 e. The van der Waals surface area contributed by atoms with Gasteiger partial charge in [0, 0.05) is 17.6 Å². The molecular weight excluding hydrogens is 298 g/mol. The monoisotopic (exact) mass is 319 g/mol. The van der Waals surface area contributed by atoms with Crippen LogP contribution in [0.25, 0.3) is 0 Å². The minimum absolute atomic E-state index is 0.251. The van der Waals surface area contributed by atoms with Crippen LogP contribution in [0.15, 0.2) is 48.5 Å². The largest absolute Gasteiger partial charge is 0.497 e. The van der Waals surface area contributed by atoms with Gasteiger partial charge in [0.15, 0.2) is 0 Å². The van der Waals surface area contributed by atoms with E-state index in [1.165, 1.54) is 5.56 Å². The number of hydrogen-bond donors (Lipinski definition) is 2. The molecule has 0 aromatic heterocycles. The molecule has 2 rings (SSSR count). The summed E-state index contributed by atoms with van der Waals surface area (Å²) >= 11 is 5.94. The van der Waals surface area contributed by atoms with Crippen molar-refractivity contribution in [1.82, 2.24) is 5.32 Å². The average molecular weight is 320 g/mol. The molecule has 118 valence electrons. The van der Waals surface area contributed by atoms with Gasteiger partial charge in [-0.15, -0.1) is 0 Å². The standard InChI is InChI=1S/C18H22ClNO2/c1-13(9-14-5-3-8-17(10-14)22-2)20-12-18(21)15-6-4-7-16(19)11-15/h3-8,10-11,13,18,20-21H,9,12H2,1-2H3/t13?,18-/m0/s1. The van der Waals surface area contributed by atoms with Crippen LogP contribution in [0.5, 0.6) is 5.75 Å². The second-order valence-corrected chi connectivity index (χ2v) is 5.87. The summed E-state index contributed by atoms with van der Waals surface area (Å²) < 4.78 is 5.23. The Labute approximate surface area is 136 Å². The summed E-state index contributed by atoms with van der Waals surface area (Å²) in [5.74, 6) is 0.865. The van der Waals surface area contributed by atoms with E-state index in [1.54, 1.807) is 19.2 Å². The van der Waals surface area contributed by atoms with E-state index in [9.17, 15) is 5.11 Å². The van der Waals surface area contributed by atoms with Crippen molar-refractivity contribution in [2.45, 2.75) is 25.5 Å². The molecule has 0 bridgehead atoms. The number of halogens is 1. The Kier molecular flexibility index (Phi) is 6.25. The molecule has 4 heteroatoms. The first-order chi connectivity index (χ1) is 10.6. The predicted molar refractivity (Wildman–Crippen MR) is 90.6 cm³/mol. The third-order valence-corrected chi connectivity index (χ3v) is 3.80. The SMILES string of the molecule is COc1cccc(CC(C)NC[C@H](O)c2cccc(Cl)c2)c1. The number of rotatable bonds is 7. The predicted octanol–water partition coefficient (Wildman–Crippen LogP) is 3.60. The van der Waals surface area contributed by atoms with E-state index in [0.717, 1.165) is 17.7 Å². The molecule has 2 N–H and O–H groups in total. The van der Waals surface area contributed by atoms with Crippen LogP contribution in [0.4, 0.5) is 0 Å². The topological polar surface area (TPSA) is 41.5 Å². The quantitative estimate of drug-likeness (QED) is 0.819. The maximum Gasteiger partial charge on any atom is 0.119 e. The Morgan fingerprint density at radius 3 is 2.68 bits per heavy atom. The fourth-order valence-electron chi connectivity index (χ4n) is 2.37. The third kappa shape index (κ3) is 5.02. The van der Waals surface area contributed by atoms with E-state index in [2.05, 4.69) is 18.3 Å². The molecule has 0 amide bonds. The van der Waals surface area contributed by atoms with Gasteiger partial charge in [-0.1, -0.05) is 35.9 Å². The van der Waals surface area contributed by atoms with Crippen molar-refractivity contribution < 1.29 is 9.84 Å². The first-order valence-corrected chi connectivity index (χ1v) is 7.76. The summed E-state index contributed by atoms with van der Waals surface area (Å²) in [4.78, 5) is 0. The van der Waals surface area contributed by atoms with Gasteiger partial charge in [-0.05, 0) is 48.7 Å². The third-order valence-electron chi connectivity index (χ3n) is 3.57. The lowest BCUT2D eigenvalue weighted by Gasteiger charge is -2.18. The van der Waals surface area contributed by atoms with Crippen LogP contribution < -0.4 is 10.1 Å². The summed E-state index contributed by atoms with van der Waals surface area (Å²) in [5.41, 5.74) is 2.03. The average Bonchev–Trinajstić information content (AvgIpc) is 2.52. The molecule has 22 heavy (non-hydrogen) atoms. The molecule has 0 fully saturated rings. The van der Waals surface area contributed by atoms with Crippen molar-refractivity contribution in [3.05, 3.63) is 64.7 Å². The van der Waals surface area contributed by atoms with Gasteiger partial charge < -0.3 is 15.2 Å². The van der Waals surface area contributed by atoms with Gasteiger partial charge in [0.05, 0.1) is 13.2 Å². The Balaban J connectivity index is 1.85. The number of ether oxygens (including phenoxy) is 1. The van der Waals surface area contributed by atoms with Gasteiger partial charge in [-0.2, -0.15) is 0 Å². The highest BCUT2D eigenvalue weighted by Gasteiger charge is 2.10. The van der Waals surface area contributed by atoms with E-state index >= 15 is 0 Å². The lowest BCUT2D eigenvalue weighted by molar-refractivity contribution is 0.170. The van der Waals surface area contributed by atoms with Gasteiger partial charge in [0.2, 0.25) is 0 Å². The van der Waals surface area contributed by atoms with Gasteiger partial charge in [-0.3, -0.25) is 0 Å². The highest BCUT2D eigenvalue weighted by molar-refractivity contribution is 6.30. The first kappa shape index (κ1) is 16.8. The van der Waals surface area contributed by atoms with Gasteiger partial charge in [-0.25, -0.2) is 0 Å². The maximum absolute atomic E-state index is 10.2. The summed E-state index contributed by atoms with van der Waals surface area (Å²) in [6.45, 7) is 2.59. The summed E-state index contributed by atoms with van der Waals surface area (Å²) in [7, 11) is 1.67. The number of hydrogen-bond acceptors (Lipinski definition) is 3.